The number of primary amides is 1. The molecule has 1 rings (SSSR count). The fourth-order valence-electron chi connectivity index (χ4n) is 1.70. The van der Waals surface area contributed by atoms with Gasteiger partial charge >= 0.3 is 0 Å². The fraction of sp³-hybridized carbons (Fsp3) is 0.727. The first-order chi connectivity index (χ1) is 8.60. The Kier molecular flexibility index (Phi) is 5.73. The first kappa shape index (κ1) is 14.6. The Morgan fingerprint density at radius 3 is 2.72 bits per heavy atom. The highest BCUT2D eigenvalue weighted by Gasteiger charge is 2.18. The van der Waals surface area contributed by atoms with Gasteiger partial charge in [0.05, 0.1) is 30.5 Å². The van der Waals surface area contributed by atoms with E-state index in [9.17, 15) is 4.79 Å². The van der Waals surface area contributed by atoms with E-state index in [2.05, 4.69) is 10.3 Å². The molecule has 18 heavy (non-hydrogen) atoms. The smallest absolute Gasteiger partial charge is 0.223 e. The monoisotopic (exact) mass is 256 g/mol. The number of nitrogens with zero attached hydrogens (tertiary/aromatic N) is 3. The summed E-state index contributed by atoms with van der Waals surface area (Å²) < 4.78 is 11.9. The Morgan fingerprint density at radius 1 is 1.44 bits per heavy atom. The highest BCUT2D eigenvalue weighted by atomic mass is 16.5. The molecule has 1 atom stereocenters. The Morgan fingerprint density at radius 2 is 2.17 bits per heavy atom. The molecule has 7 nitrogen and oxygen atoms in total. The highest BCUT2D eigenvalue weighted by Crippen LogP contribution is 2.16. The topological polar surface area (TPSA) is 92.3 Å². The van der Waals surface area contributed by atoms with Crippen molar-refractivity contribution in [3.8, 4) is 0 Å². The van der Waals surface area contributed by atoms with Crippen LogP contribution < -0.4 is 5.73 Å². The lowest BCUT2D eigenvalue weighted by molar-refractivity contribution is -0.117. The van der Waals surface area contributed by atoms with Crippen molar-refractivity contribution >= 4 is 5.91 Å². The van der Waals surface area contributed by atoms with Gasteiger partial charge in [-0.15, -0.1) is 5.10 Å². The average molecular weight is 256 g/mol. The van der Waals surface area contributed by atoms with E-state index in [0.29, 0.717) is 18.9 Å². The molecular weight excluding hydrogens is 236 g/mol. The first-order valence-electron chi connectivity index (χ1n) is 5.79. The Hall–Kier alpha value is -1.47. The van der Waals surface area contributed by atoms with Crippen LogP contribution >= 0.6 is 0 Å². The van der Waals surface area contributed by atoms with Gasteiger partial charge in [0.2, 0.25) is 5.91 Å². The van der Waals surface area contributed by atoms with Gasteiger partial charge in [-0.2, -0.15) is 0 Å². The zero-order valence-corrected chi connectivity index (χ0v) is 11.0. The molecule has 0 saturated heterocycles. The number of rotatable bonds is 8. The number of hydrogen-bond acceptors (Lipinski definition) is 5. The molecule has 0 aliphatic heterocycles. The zero-order chi connectivity index (χ0) is 13.5. The maximum Gasteiger partial charge on any atom is 0.223 e. The van der Waals surface area contributed by atoms with Crippen LogP contribution in [0.4, 0.5) is 0 Å². The van der Waals surface area contributed by atoms with Crippen LogP contribution in [-0.4, -0.2) is 41.7 Å². The lowest BCUT2D eigenvalue weighted by Gasteiger charge is -2.14. The van der Waals surface area contributed by atoms with Gasteiger partial charge in [0.15, 0.2) is 0 Å². The van der Waals surface area contributed by atoms with Crippen LogP contribution in [0.5, 0.6) is 0 Å². The second-order valence-corrected chi connectivity index (χ2v) is 4.13. The molecule has 0 aromatic carbocycles. The van der Waals surface area contributed by atoms with Crippen LogP contribution in [0.2, 0.25) is 0 Å². The van der Waals surface area contributed by atoms with E-state index in [1.165, 1.54) is 0 Å². The molecule has 1 amide bonds. The summed E-state index contributed by atoms with van der Waals surface area (Å²) in [5.74, 6) is -0.427. The molecule has 1 heterocycles. The van der Waals surface area contributed by atoms with Gasteiger partial charge in [-0.1, -0.05) is 5.21 Å². The molecule has 0 spiro atoms. The molecule has 0 saturated carbocycles. The summed E-state index contributed by atoms with van der Waals surface area (Å²) >= 11 is 0. The maximum absolute atomic E-state index is 11.0. The van der Waals surface area contributed by atoms with Crippen molar-refractivity contribution in [1.82, 2.24) is 15.0 Å². The standard InChI is InChI=1S/C11H20N4O3/c1-8(4-5-17-2)15-10(7-18-3)9(13-14-15)6-11(12)16/h8H,4-7H2,1-3H3,(H2,12,16). The third-order valence-corrected chi connectivity index (χ3v) is 2.65. The predicted molar refractivity (Wildman–Crippen MR) is 64.8 cm³/mol. The van der Waals surface area contributed by atoms with Crippen LogP contribution in [0.15, 0.2) is 0 Å². The number of nitrogens with two attached hydrogens (primary N) is 1. The summed E-state index contributed by atoms with van der Waals surface area (Å²) in [7, 11) is 3.24. The summed E-state index contributed by atoms with van der Waals surface area (Å²) in [6, 6.07) is 0.129. The van der Waals surface area contributed by atoms with Gasteiger partial charge in [0.25, 0.3) is 0 Å². The van der Waals surface area contributed by atoms with E-state index in [1.807, 2.05) is 6.92 Å². The Labute approximate surface area is 106 Å². The van der Waals surface area contributed by atoms with E-state index in [4.69, 9.17) is 15.2 Å². The highest BCUT2D eigenvalue weighted by molar-refractivity contribution is 5.76. The molecule has 1 aromatic heterocycles. The third kappa shape index (κ3) is 3.78. The van der Waals surface area contributed by atoms with Crippen molar-refractivity contribution < 1.29 is 14.3 Å². The lowest BCUT2D eigenvalue weighted by atomic mass is 10.2. The van der Waals surface area contributed by atoms with Crippen molar-refractivity contribution in [2.75, 3.05) is 20.8 Å². The largest absolute Gasteiger partial charge is 0.385 e. The number of carbonyl (C=O) groups is 1. The summed E-state index contributed by atoms with van der Waals surface area (Å²) in [5, 5.41) is 8.06. The molecular formula is C11H20N4O3. The molecule has 0 fully saturated rings. The van der Waals surface area contributed by atoms with E-state index in [0.717, 1.165) is 12.1 Å². The number of amides is 1. The van der Waals surface area contributed by atoms with Crippen LogP contribution in [0.25, 0.3) is 0 Å². The van der Waals surface area contributed by atoms with Crippen molar-refractivity contribution in [3.63, 3.8) is 0 Å². The maximum atomic E-state index is 11.0. The minimum Gasteiger partial charge on any atom is -0.385 e. The summed E-state index contributed by atoms with van der Waals surface area (Å²) in [6.07, 6.45) is 0.891. The number of methoxy groups -OCH3 is 2. The lowest BCUT2D eigenvalue weighted by Crippen LogP contribution is -2.17. The normalized spacial score (nSPS) is 12.6. The molecule has 1 unspecified atom stereocenters. The third-order valence-electron chi connectivity index (χ3n) is 2.65. The van der Waals surface area contributed by atoms with Crippen LogP contribution in [0, 0.1) is 0 Å². The van der Waals surface area contributed by atoms with Gasteiger partial charge in [-0.05, 0) is 13.3 Å². The van der Waals surface area contributed by atoms with Gasteiger partial charge in [0.1, 0.15) is 0 Å². The quantitative estimate of drug-likeness (QED) is 0.709. The van der Waals surface area contributed by atoms with Gasteiger partial charge in [-0.25, -0.2) is 4.68 Å². The minimum absolute atomic E-state index is 0.0791. The molecule has 1 aromatic rings. The second kappa shape index (κ2) is 7.07. The van der Waals surface area contributed by atoms with E-state index in [-0.39, 0.29) is 12.5 Å². The summed E-state index contributed by atoms with van der Waals surface area (Å²) in [5.41, 5.74) is 6.55. The minimum atomic E-state index is -0.427. The summed E-state index contributed by atoms with van der Waals surface area (Å²) in [4.78, 5) is 11.0. The molecule has 7 heteroatoms. The van der Waals surface area contributed by atoms with Crippen LogP contribution in [0.1, 0.15) is 30.8 Å². The average Bonchev–Trinajstić information content (AvgIpc) is 2.69. The molecule has 0 radical (unpaired) electrons. The van der Waals surface area contributed by atoms with Gasteiger partial charge in [-0.3, -0.25) is 4.79 Å². The molecule has 2 N–H and O–H groups in total. The van der Waals surface area contributed by atoms with Crippen molar-refractivity contribution in [2.24, 2.45) is 5.73 Å². The first-order valence-corrected chi connectivity index (χ1v) is 5.79. The number of carbonyl (C=O) groups excluding carboxylic acids is 1. The molecule has 0 aliphatic rings. The van der Waals surface area contributed by atoms with Crippen molar-refractivity contribution in [2.45, 2.75) is 32.4 Å². The fourth-order valence-corrected chi connectivity index (χ4v) is 1.70. The Bertz CT molecular complexity index is 392. The SMILES string of the molecule is COCCC(C)n1nnc(CC(N)=O)c1COC. The number of aromatic nitrogens is 3. The number of hydrogen-bond donors (Lipinski definition) is 1. The molecule has 0 bridgehead atoms. The van der Waals surface area contributed by atoms with E-state index >= 15 is 0 Å². The summed E-state index contributed by atoms with van der Waals surface area (Å²) in [6.45, 7) is 3.01. The second-order valence-electron chi connectivity index (χ2n) is 4.13. The molecule has 102 valence electrons. The Balaban J connectivity index is 2.89. The van der Waals surface area contributed by atoms with Gasteiger partial charge < -0.3 is 15.2 Å². The zero-order valence-electron chi connectivity index (χ0n) is 11.0. The van der Waals surface area contributed by atoms with Crippen LogP contribution in [0.3, 0.4) is 0 Å². The van der Waals surface area contributed by atoms with Crippen molar-refractivity contribution in [3.05, 3.63) is 11.4 Å². The van der Waals surface area contributed by atoms with Crippen LogP contribution in [-0.2, 0) is 27.3 Å². The van der Waals surface area contributed by atoms with Crippen molar-refractivity contribution in [1.29, 1.82) is 0 Å². The molecule has 0 aliphatic carbocycles. The predicted octanol–water partition coefficient (Wildman–Crippen LogP) is 0.0498. The number of ether oxygens (including phenoxy) is 2. The van der Waals surface area contributed by atoms with E-state index < -0.39 is 5.91 Å². The van der Waals surface area contributed by atoms with Gasteiger partial charge in [0, 0.05) is 20.8 Å². The van der Waals surface area contributed by atoms with E-state index in [1.54, 1.807) is 18.9 Å².